The van der Waals surface area contributed by atoms with Gasteiger partial charge in [-0.25, -0.2) is 9.59 Å². The van der Waals surface area contributed by atoms with Crippen molar-refractivity contribution in [2.75, 3.05) is 20.2 Å². The summed E-state index contributed by atoms with van der Waals surface area (Å²) in [5.74, 6) is 0.125. The van der Waals surface area contributed by atoms with E-state index in [9.17, 15) is 4.79 Å². The molecule has 8 nitrogen and oxygen atoms in total. The lowest BCUT2D eigenvalue weighted by molar-refractivity contribution is -0.159. The third kappa shape index (κ3) is 6.00. The predicted molar refractivity (Wildman–Crippen MR) is 118 cm³/mol. The molecule has 0 aliphatic heterocycles. The highest BCUT2D eigenvalue weighted by molar-refractivity contribution is 6.27. The molecule has 0 radical (unpaired) electrons. The van der Waals surface area contributed by atoms with Gasteiger partial charge in [0.25, 0.3) is 0 Å². The second-order valence-electron chi connectivity index (χ2n) is 9.65. The van der Waals surface area contributed by atoms with Crippen LogP contribution in [0.25, 0.3) is 0 Å². The van der Waals surface area contributed by atoms with Gasteiger partial charge in [0, 0.05) is 18.2 Å². The molecule has 176 valence electrons. The molecule has 4 aliphatic rings. The molecule has 1 atom stereocenters. The summed E-state index contributed by atoms with van der Waals surface area (Å²) in [6.07, 6.45) is 8.36. The average Bonchev–Trinajstić information content (AvgIpc) is 2.75. The maximum Gasteiger partial charge on any atom is 0.414 e. The zero-order chi connectivity index (χ0) is 23.3. The number of amides is 1. The van der Waals surface area contributed by atoms with Gasteiger partial charge in [0.1, 0.15) is 5.75 Å². The standard InChI is InChI=1S/C22H32N2O2.C2H2O4/c1-15(19-5-3-4-6-20(19)26-2)23-13-21(25)24-14-22-10-16-7-17(11-22)9-18(8-16)12-22;3-1(4)2(5)6/h3-6,15-18,23H,7-14H2,1-2H3,(H,24,25);(H,3,4)(H,5,6). The van der Waals surface area contributed by atoms with Gasteiger partial charge in [0.2, 0.25) is 5.91 Å². The molecule has 1 aromatic rings. The molecule has 1 amide bonds. The summed E-state index contributed by atoms with van der Waals surface area (Å²) in [6.45, 7) is 3.30. The minimum Gasteiger partial charge on any atom is -0.496 e. The minimum absolute atomic E-state index is 0.0800. The van der Waals surface area contributed by atoms with E-state index >= 15 is 0 Å². The maximum atomic E-state index is 12.4. The van der Waals surface area contributed by atoms with E-state index in [4.69, 9.17) is 24.5 Å². The van der Waals surface area contributed by atoms with Crippen LogP contribution in [0.4, 0.5) is 0 Å². The molecule has 0 heterocycles. The number of carbonyl (C=O) groups is 3. The average molecular weight is 447 g/mol. The molecule has 1 unspecified atom stereocenters. The summed E-state index contributed by atoms with van der Waals surface area (Å²) >= 11 is 0. The molecule has 0 spiro atoms. The summed E-state index contributed by atoms with van der Waals surface area (Å²) < 4.78 is 5.42. The molecule has 0 saturated heterocycles. The summed E-state index contributed by atoms with van der Waals surface area (Å²) in [6, 6.07) is 8.05. The Morgan fingerprint density at radius 1 is 1.03 bits per heavy atom. The number of methoxy groups -OCH3 is 1. The van der Waals surface area contributed by atoms with Crippen molar-refractivity contribution < 1.29 is 29.3 Å². The first-order valence-electron chi connectivity index (χ1n) is 11.3. The van der Waals surface area contributed by atoms with Crippen LogP contribution in [0, 0.1) is 23.2 Å². The monoisotopic (exact) mass is 446 g/mol. The Morgan fingerprint density at radius 2 is 1.56 bits per heavy atom. The Labute approximate surface area is 188 Å². The van der Waals surface area contributed by atoms with E-state index in [2.05, 4.69) is 17.6 Å². The fourth-order valence-electron chi connectivity index (χ4n) is 6.23. The number of para-hydroxylation sites is 1. The first-order valence-corrected chi connectivity index (χ1v) is 11.3. The first-order chi connectivity index (χ1) is 15.2. The molecule has 5 rings (SSSR count). The molecule has 4 fully saturated rings. The van der Waals surface area contributed by atoms with Crippen molar-refractivity contribution >= 4 is 17.8 Å². The number of rotatable bonds is 7. The van der Waals surface area contributed by atoms with Crippen LogP contribution in [0.2, 0.25) is 0 Å². The van der Waals surface area contributed by atoms with E-state index in [1.807, 2.05) is 24.3 Å². The van der Waals surface area contributed by atoms with Crippen molar-refractivity contribution in [3.63, 3.8) is 0 Å². The van der Waals surface area contributed by atoms with Crippen molar-refractivity contribution in [3.05, 3.63) is 29.8 Å². The number of carboxylic acid groups (broad SMARTS) is 2. The SMILES string of the molecule is COc1ccccc1C(C)NCC(=O)NCC12CC3CC(CC(C3)C1)C2.O=C(O)C(=O)O. The molecule has 32 heavy (non-hydrogen) atoms. The van der Waals surface area contributed by atoms with Crippen LogP contribution in [0.1, 0.15) is 57.1 Å². The predicted octanol–water partition coefficient (Wildman–Crippen LogP) is 2.83. The van der Waals surface area contributed by atoms with Gasteiger partial charge in [-0.2, -0.15) is 0 Å². The molecule has 4 aliphatic carbocycles. The van der Waals surface area contributed by atoms with Crippen LogP contribution in [-0.2, 0) is 14.4 Å². The highest BCUT2D eigenvalue weighted by Gasteiger charge is 2.50. The van der Waals surface area contributed by atoms with E-state index in [0.29, 0.717) is 12.0 Å². The summed E-state index contributed by atoms with van der Waals surface area (Å²) in [7, 11) is 1.68. The third-order valence-electron chi connectivity index (χ3n) is 7.18. The smallest absolute Gasteiger partial charge is 0.414 e. The normalized spacial score (nSPS) is 28.2. The van der Waals surface area contributed by atoms with Crippen LogP contribution in [0.3, 0.4) is 0 Å². The minimum atomic E-state index is -1.82. The largest absolute Gasteiger partial charge is 0.496 e. The molecule has 8 heteroatoms. The number of hydrogen-bond acceptors (Lipinski definition) is 5. The lowest BCUT2D eigenvalue weighted by Gasteiger charge is -2.56. The molecule has 0 aromatic heterocycles. The molecule has 1 aromatic carbocycles. The topological polar surface area (TPSA) is 125 Å². The van der Waals surface area contributed by atoms with E-state index in [-0.39, 0.29) is 11.9 Å². The van der Waals surface area contributed by atoms with Gasteiger partial charge in [-0.05, 0) is 74.7 Å². The van der Waals surface area contributed by atoms with Gasteiger partial charge in [-0.3, -0.25) is 4.79 Å². The fourth-order valence-corrected chi connectivity index (χ4v) is 6.23. The van der Waals surface area contributed by atoms with Crippen LogP contribution in [0.15, 0.2) is 24.3 Å². The van der Waals surface area contributed by atoms with Crippen molar-refractivity contribution in [2.45, 2.75) is 51.5 Å². The van der Waals surface area contributed by atoms with E-state index < -0.39 is 11.9 Å². The van der Waals surface area contributed by atoms with Crippen molar-refractivity contribution in [1.82, 2.24) is 10.6 Å². The summed E-state index contributed by atoms with van der Waals surface area (Å²) in [5.41, 5.74) is 1.49. The first kappa shape index (κ1) is 24.0. The van der Waals surface area contributed by atoms with Gasteiger partial charge < -0.3 is 25.6 Å². The van der Waals surface area contributed by atoms with Gasteiger partial charge in [-0.1, -0.05) is 18.2 Å². The van der Waals surface area contributed by atoms with E-state index in [0.717, 1.165) is 35.6 Å². The van der Waals surface area contributed by atoms with Gasteiger partial charge in [-0.15, -0.1) is 0 Å². The Hall–Kier alpha value is -2.61. The number of carboxylic acids is 2. The fraction of sp³-hybridized carbons (Fsp3) is 0.625. The molecular weight excluding hydrogens is 412 g/mol. The Morgan fingerprint density at radius 3 is 2.06 bits per heavy atom. The number of hydrogen-bond donors (Lipinski definition) is 4. The molecule has 4 bridgehead atoms. The summed E-state index contributed by atoms with van der Waals surface area (Å²) in [4.78, 5) is 30.6. The number of aliphatic carboxylic acids is 2. The lowest BCUT2D eigenvalue weighted by atomic mass is 9.49. The van der Waals surface area contributed by atoms with Gasteiger partial charge >= 0.3 is 11.9 Å². The molecular formula is C24H34N2O6. The Bertz CT molecular complexity index is 792. The molecule has 4 saturated carbocycles. The van der Waals surface area contributed by atoms with Crippen LogP contribution < -0.4 is 15.4 Å². The van der Waals surface area contributed by atoms with E-state index in [1.54, 1.807) is 7.11 Å². The number of ether oxygens (including phenoxy) is 1. The Balaban J connectivity index is 0.000000427. The van der Waals surface area contributed by atoms with Crippen LogP contribution >= 0.6 is 0 Å². The molecule has 4 N–H and O–H groups in total. The van der Waals surface area contributed by atoms with Crippen molar-refractivity contribution in [2.24, 2.45) is 23.2 Å². The lowest BCUT2D eigenvalue weighted by Crippen LogP contribution is -2.51. The highest BCUT2D eigenvalue weighted by Crippen LogP contribution is 2.59. The maximum absolute atomic E-state index is 12.4. The number of benzene rings is 1. The second-order valence-corrected chi connectivity index (χ2v) is 9.65. The zero-order valence-corrected chi connectivity index (χ0v) is 18.8. The number of nitrogens with one attached hydrogen (secondary N) is 2. The Kier molecular flexibility index (Phi) is 7.77. The van der Waals surface area contributed by atoms with Crippen LogP contribution in [0.5, 0.6) is 5.75 Å². The zero-order valence-electron chi connectivity index (χ0n) is 18.8. The van der Waals surface area contributed by atoms with E-state index in [1.165, 1.54) is 38.5 Å². The quantitative estimate of drug-likeness (QED) is 0.475. The van der Waals surface area contributed by atoms with Gasteiger partial charge in [0.15, 0.2) is 0 Å². The van der Waals surface area contributed by atoms with Crippen molar-refractivity contribution in [3.8, 4) is 5.75 Å². The van der Waals surface area contributed by atoms with Gasteiger partial charge in [0.05, 0.1) is 13.7 Å². The number of carbonyl (C=O) groups excluding carboxylic acids is 1. The third-order valence-corrected chi connectivity index (χ3v) is 7.18. The summed E-state index contributed by atoms with van der Waals surface area (Å²) in [5, 5.41) is 21.4. The van der Waals surface area contributed by atoms with Crippen molar-refractivity contribution in [1.29, 1.82) is 0 Å². The highest BCUT2D eigenvalue weighted by atomic mass is 16.5. The van der Waals surface area contributed by atoms with Crippen LogP contribution in [-0.4, -0.2) is 48.3 Å². The second kappa shape index (κ2) is 10.3.